The maximum absolute atomic E-state index is 13.8. The predicted octanol–water partition coefficient (Wildman–Crippen LogP) is 3.64. The molecule has 1 fully saturated rings. The van der Waals surface area contributed by atoms with Gasteiger partial charge in [0, 0.05) is 19.2 Å². The third-order valence-corrected chi connectivity index (χ3v) is 4.12. The summed E-state index contributed by atoms with van der Waals surface area (Å²) in [6.07, 6.45) is 3.14. The molecule has 3 rings (SSSR count). The van der Waals surface area contributed by atoms with Crippen molar-refractivity contribution in [1.82, 2.24) is 9.97 Å². The minimum Gasteiger partial charge on any atom is -0.350 e. The molecular formula is C16H17F2N5O2. The molecule has 1 aliphatic heterocycles. The lowest BCUT2D eigenvalue weighted by atomic mass is 10.0. The van der Waals surface area contributed by atoms with Crippen LogP contribution in [0.5, 0.6) is 0 Å². The van der Waals surface area contributed by atoms with E-state index in [-0.39, 0.29) is 23.0 Å². The van der Waals surface area contributed by atoms with Crippen LogP contribution >= 0.6 is 0 Å². The summed E-state index contributed by atoms with van der Waals surface area (Å²) in [7, 11) is 0. The lowest BCUT2D eigenvalue weighted by Crippen LogP contribution is -2.35. The van der Waals surface area contributed by atoms with Gasteiger partial charge in [-0.15, -0.1) is 0 Å². The minimum absolute atomic E-state index is 0.169. The molecule has 0 saturated carbocycles. The van der Waals surface area contributed by atoms with E-state index in [0.717, 1.165) is 31.0 Å². The first-order valence-corrected chi connectivity index (χ1v) is 7.92. The lowest BCUT2D eigenvalue weighted by Gasteiger charge is -2.31. The molecule has 2 heterocycles. The lowest BCUT2D eigenvalue weighted by molar-refractivity contribution is -0.383. The quantitative estimate of drug-likeness (QED) is 0.670. The van der Waals surface area contributed by atoms with Gasteiger partial charge in [0.1, 0.15) is 18.0 Å². The van der Waals surface area contributed by atoms with Crippen molar-refractivity contribution in [3.05, 3.63) is 46.3 Å². The summed E-state index contributed by atoms with van der Waals surface area (Å²) in [5, 5.41) is 14.1. The summed E-state index contributed by atoms with van der Waals surface area (Å²) < 4.78 is 27.2. The van der Waals surface area contributed by atoms with Gasteiger partial charge in [0.2, 0.25) is 11.6 Å². The van der Waals surface area contributed by atoms with Crippen molar-refractivity contribution in [2.45, 2.75) is 19.8 Å². The molecule has 25 heavy (non-hydrogen) atoms. The van der Waals surface area contributed by atoms with Gasteiger partial charge in [-0.2, -0.15) is 0 Å². The molecule has 0 radical (unpaired) electrons. The van der Waals surface area contributed by atoms with Gasteiger partial charge in [0.15, 0.2) is 0 Å². The Morgan fingerprint density at radius 1 is 1.36 bits per heavy atom. The molecule has 0 amide bonds. The van der Waals surface area contributed by atoms with Crippen molar-refractivity contribution in [1.29, 1.82) is 0 Å². The zero-order valence-electron chi connectivity index (χ0n) is 13.6. The Balaban J connectivity index is 2.00. The van der Waals surface area contributed by atoms with Gasteiger partial charge in [0.25, 0.3) is 0 Å². The number of hydrogen-bond donors (Lipinski definition) is 1. The van der Waals surface area contributed by atoms with Crippen molar-refractivity contribution >= 4 is 23.0 Å². The molecule has 0 aliphatic carbocycles. The van der Waals surface area contributed by atoms with Gasteiger partial charge in [-0.3, -0.25) is 10.1 Å². The first-order valence-electron chi connectivity index (χ1n) is 7.92. The number of nitrogens with zero attached hydrogens (tertiary/aromatic N) is 4. The zero-order valence-corrected chi connectivity index (χ0v) is 13.6. The number of benzene rings is 1. The van der Waals surface area contributed by atoms with Crippen LogP contribution in [0, 0.1) is 27.7 Å². The Morgan fingerprint density at radius 3 is 2.88 bits per heavy atom. The second-order valence-electron chi connectivity index (χ2n) is 6.09. The fraction of sp³-hybridized carbons (Fsp3) is 0.375. The van der Waals surface area contributed by atoms with E-state index in [2.05, 4.69) is 22.2 Å². The van der Waals surface area contributed by atoms with Gasteiger partial charge >= 0.3 is 5.69 Å². The SMILES string of the molecule is CC1CCCN(c2ncnc(Nc3cc(F)ccc3F)c2[N+](=O)[O-])C1. The molecule has 1 atom stereocenters. The van der Waals surface area contributed by atoms with Crippen molar-refractivity contribution < 1.29 is 13.7 Å². The topological polar surface area (TPSA) is 84.2 Å². The van der Waals surface area contributed by atoms with Crippen LogP contribution < -0.4 is 10.2 Å². The van der Waals surface area contributed by atoms with E-state index in [1.54, 1.807) is 0 Å². The van der Waals surface area contributed by atoms with E-state index < -0.39 is 16.6 Å². The number of nitrogens with one attached hydrogen (secondary N) is 1. The highest BCUT2D eigenvalue weighted by Crippen LogP contribution is 2.35. The third-order valence-electron chi connectivity index (χ3n) is 4.12. The average Bonchev–Trinajstić information content (AvgIpc) is 2.58. The zero-order chi connectivity index (χ0) is 18.0. The summed E-state index contributed by atoms with van der Waals surface area (Å²) in [4.78, 5) is 20.8. The molecule has 1 N–H and O–H groups in total. The summed E-state index contributed by atoms with van der Waals surface area (Å²) in [5.74, 6) is -0.989. The van der Waals surface area contributed by atoms with Crippen LogP contribution in [0.4, 0.5) is 31.8 Å². The number of nitro groups is 1. The molecule has 2 aromatic rings. The van der Waals surface area contributed by atoms with Crippen LogP contribution in [0.3, 0.4) is 0 Å². The van der Waals surface area contributed by atoms with Crippen molar-refractivity contribution in [2.24, 2.45) is 5.92 Å². The Morgan fingerprint density at radius 2 is 2.16 bits per heavy atom. The van der Waals surface area contributed by atoms with E-state index >= 15 is 0 Å². The highest BCUT2D eigenvalue weighted by atomic mass is 19.1. The fourth-order valence-electron chi connectivity index (χ4n) is 2.96. The van der Waals surface area contributed by atoms with Crippen LogP contribution in [0.2, 0.25) is 0 Å². The molecule has 132 valence electrons. The number of rotatable bonds is 4. The van der Waals surface area contributed by atoms with E-state index in [1.165, 1.54) is 6.33 Å². The van der Waals surface area contributed by atoms with Crippen molar-refractivity contribution in [3.63, 3.8) is 0 Å². The number of halogens is 2. The molecule has 9 heteroatoms. The molecule has 0 bridgehead atoms. The summed E-state index contributed by atoms with van der Waals surface area (Å²) in [5.41, 5.74) is -0.569. The highest BCUT2D eigenvalue weighted by molar-refractivity contribution is 5.74. The van der Waals surface area contributed by atoms with E-state index in [9.17, 15) is 18.9 Å². The van der Waals surface area contributed by atoms with Gasteiger partial charge in [-0.05, 0) is 30.9 Å². The van der Waals surface area contributed by atoms with Crippen LogP contribution in [-0.2, 0) is 0 Å². The number of piperidine rings is 1. The fourth-order valence-corrected chi connectivity index (χ4v) is 2.96. The maximum atomic E-state index is 13.8. The molecule has 1 aromatic heterocycles. The smallest absolute Gasteiger partial charge is 0.350 e. The van der Waals surface area contributed by atoms with Crippen molar-refractivity contribution in [3.8, 4) is 0 Å². The molecule has 1 aromatic carbocycles. The van der Waals surface area contributed by atoms with Gasteiger partial charge in [-0.25, -0.2) is 18.7 Å². The molecule has 1 saturated heterocycles. The van der Waals surface area contributed by atoms with Crippen LogP contribution in [0.1, 0.15) is 19.8 Å². The largest absolute Gasteiger partial charge is 0.353 e. The second-order valence-corrected chi connectivity index (χ2v) is 6.09. The minimum atomic E-state index is -0.734. The van der Waals surface area contributed by atoms with Gasteiger partial charge in [0.05, 0.1) is 10.6 Å². The van der Waals surface area contributed by atoms with Crippen LogP contribution in [0.15, 0.2) is 24.5 Å². The molecule has 0 spiro atoms. The Bertz CT molecular complexity index is 802. The normalized spacial score (nSPS) is 17.4. The number of anilines is 3. The van der Waals surface area contributed by atoms with E-state index in [4.69, 9.17) is 0 Å². The molecule has 1 aliphatic rings. The molecule has 7 nitrogen and oxygen atoms in total. The standard InChI is InChI=1S/C16H17F2N5O2/c1-10-3-2-6-22(8-10)16-14(23(24)25)15(19-9-20-16)21-13-7-11(17)4-5-12(13)18/h4-5,7,9-10H,2-3,6,8H2,1H3,(H,19,20,21). The number of aromatic nitrogens is 2. The maximum Gasteiger partial charge on any atom is 0.353 e. The summed E-state index contributed by atoms with van der Waals surface area (Å²) >= 11 is 0. The van der Waals surface area contributed by atoms with E-state index in [1.807, 2.05) is 4.90 Å². The van der Waals surface area contributed by atoms with Gasteiger partial charge < -0.3 is 10.2 Å². The Labute approximate surface area is 142 Å². The monoisotopic (exact) mass is 349 g/mol. The summed E-state index contributed by atoms with van der Waals surface area (Å²) in [6.45, 7) is 3.36. The van der Waals surface area contributed by atoms with Crippen LogP contribution in [0.25, 0.3) is 0 Å². The Kier molecular flexibility index (Phi) is 4.73. The Hall–Kier alpha value is -2.84. The van der Waals surface area contributed by atoms with Crippen molar-refractivity contribution in [2.75, 3.05) is 23.3 Å². The van der Waals surface area contributed by atoms with Gasteiger partial charge in [-0.1, -0.05) is 6.92 Å². The average molecular weight is 349 g/mol. The molecule has 1 unspecified atom stereocenters. The first kappa shape index (κ1) is 17.0. The van der Waals surface area contributed by atoms with Crippen LogP contribution in [-0.4, -0.2) is 28.0 Å². The number of hydrogen-bond acceptors (Lipinski definition) is 6. The predicted molar refractivity (Wildman–Crippen MR) is 88.9 cm³/mol. The third kappa shape index (κ3) is 3.65. The van der Waals surface area contributed by atoms with E-state index in [0.29, 0.717) is 19.0 Å². The highest BCUT2D eigenvalue weighted by Gasteiger charge is 2.29. The second kappa shape index (κ2) is 6.96. The summed E-state index contributed by atoms with van der Waals surface area (Å²) in [6, 6.07) is 2.83. The molecular weight excluding hydrogens is 332 g/mol. The first-order chi connectivity index (χ1) is 12.0.